The molecule has 1 aromatic heterocycles. The van der Waals surface area contributed by atoms with Crippen molar-refractivity contribution < 1.29 is 0 Å². The van der Waals surface area contributed by atoms with Gasteiger partial charge in [-0.2, -0.15) is 4.98 Å². The first-order valence-corrected chi connectivity index (χ1v) is 6.42. The van der Waals surface area contributed by atoms with Crippen molar-refractivity contribution in [2.75, 3.05) is 17.2 Å². The highest BCUT2D eigenvalue weighted by atomic mass is 35.5. The molecule has 0 radical (unpaired) electrons. The van der Waals surface area contributed by atoms with Gasteiger partial charge in [0.15, 0.2) is 0 Å². The highest BCUT2D eigenvalue weighted by molar-refractivity contribution is 6.29. The summed E-state index contributed by atoms with van der Waals surface area (Å²) in [5, 5.41) is 0.408. The minimum Gasteiger partial charge on any atom is -0.368 e. The largest absolute Gasteiger partial charge is 0.368 e. The smallest absolute Gasteiger partial charge is 0.223 e. The fraction of sp³-hybridized carbons (Fsp3) is 0.667. The van der Waals surface area contributed by atoms with Gasteiger partial charge in [-0.25, -0.2) is 4.98 Å². The van der Waals surface area contributed by atoms with Gasteiger partial charge in [-0.3, -0.25) is 0 Å². The Balaban J connectivity index is 2.30. The van der Waals surface area contributed by atoms with E-state index < -0.39 is 0 Å². The molecule has 0 aromatic carbocycles. The van der Waals surface area contributed by atoms with Crippen LogP contribution < -0.4 is 10.6 Å². The first-order valence-electron chi connectivity index (χ1n) is 6.04. The van der Waals surface area contributed by atoms with Crippen molar-refractivity contribution >= 4 is 23.4 Å². The molecule has 0 saturated carbocycles. The monoisotopic (exact) mass is 254 g/mol. The summed E-state index contributed by atoms with van der Waals surface area (Å²) in [6, 6.07) is 2.25. The Bertz CT molecular complexity index is 389. The van der Waals surface area contributed by atoms with E-state index >= 15 is 0 Å². The minimum absolute atomic E-state index is 0.241. The van der Waals surface area contributed by atoms with Gasteiger partial charge in [-0.1, -0.05) is 25.4 Å². The molecule has 2 rings (SSSR count). The van der Waals surface area contributed by atoms with Crippen LogP contribution in [0.2, 0.25) is 5.15 Å². The lowest BCUT2D eigenvalue weighted by molar-refractivity contribution is 0.295. The van der Waals surface area contributed by atoms with Crippen molar-refractivity contribution in [3.8, 4) is 0 Å². The fourth-order valence-electron chi connectivity index (χ4n) is 2.59. The second-order valence-electron chi connectivity index (χ2n) is 5.12. The molecule has 0 spiro atoms. The predicted molar refractivity (Wildman–Crippen MR) is 71.2 cm³/mol. The van der Waals surface area contributed by atoms with E-state index in [4.69, 9.17) is 17.3 Å². The van der Waals surface area contributed by atoms with Crippen LogP contribution in [0.4, 0.5) is 11.8 Å². The molecule has 17 heavy (non-hydrogen) atoms. The van der Waals surface area contributed by atoms with E-state index in [9.17, 15) is 0 Å². The van der Waals surface area contributed by atoms with Crippen LogP contribution in [0.1, 0.15) is 27.2 Å². The second kappa shape index (κ2) is 4.69. The molecule has 0 amide bonds. The number of nitrogens with zero attached hydrogens (tertiary/aromatic N) is 3. The number of anilines is 2. The molecule has 1 saturated heterocycles. The number of aromatic nitrogens is 2. The van der Waals surface area contributed by atoms with Gasteiger partial charge in [-0.15, -0.1) is 0 Å². The zero-order valence-electron chi connectivity index (χ0n) is 10.5. The summed E-state index contributed by atoms with van der Waals surface area (Å²) < 4.78 is 0. The standard InChI is InChI=1S/C12H19ClN4/c1-7-4-8(2)9(3)17(6-7)11-5-10(13)15-12(14)16-11/h5,7-9H,4,6H2,1-3H3,(H2,14,15,16). The number of hydrogen-bond donors (Lipinski definition) is 1. The zero-order valence-corrected chi connectivity index (χ0v) is 11.3. The molecular formula is C12H19ClN4. The van der Waals surface area contributed by atoms with Crippen molar-refractivity contribution in [3.05, 3.63) is 11.2 Å². The van der Waals surface area contributed by atoms with Crippen LogP contribution in [0.25, 0.3) is 0 Å². The summed E-state index contributed by atoms with van der Waals surface area (Å²) >= 11 is 5.93. The summed E-state index contributed by atoms with van der Waals surface area (Å²) in [5.41, 5.74) is 5.65. The van der Waals surface area contributed by atoms with Gasteiger partial charge in [-0.05, 0) is 25.2 Å². The Morgan fingerprint density at radius 1 is 1.35 bits per heavy atom. The maximum atomic E-state index is 5.93. The molecule has 2 N–H and O–H groups in total. The van der Waals surface area contributed by atoms with Gasteiger partial charge in [0.05, 0.1) is 0 Å². The SMILES string of the molecule is CC1CC(C)C(C)N(c2cc(Cl)nc(N)n2)C1. The fourth-order valence-corrected chi connectivity index (χ4v) is 2.77. The Labute approximate surface area is 107 Å². The zero-order chi connectivity index (χ0) is 12.6. The molecule has 1 aliphatic rings. The maximum absolute atomic E-state index is 5.93. The molecule has 1 aliphatic heterocycles. The van der Waals surface area contributed by atoms with Crippen LogP contribution in [0.3, 0.4) is 0 Å². The van der Waals surface area contributed by atoms with Crippen LogP contribution in [-0.4, -0.2) is 22.6 Å². The molecule has 94 valence electrons. The highest BCUT2D eigenvalue weighted by Gasteiger charge is 2.29. The first kappa shape index (κ1) is 12.4. The van der Waals surface area contributed by atoms with E-state index in [2.05, 4.69) is 35.6 Å². The maximum Gasteiger partial charge on any atom is 0.223 e. The van der Waals surface area contributed by atoms with E-state index in [1.54, 1.807) is 6.07 Å². The lowest BCUT2D eigenvalue weighted by atomic mass is 9.86. The topological polar surface area (TPSA) is 55.0 Å². The van der Waals surface area contributed by atoms with Crippen molar-refractivity contribution in [1.29, 1.82) is 0 Å². The molecule has 3 unspecified atom stereocenters. The number of hydrogen-bond acceptors (Lipinski definition) is 4. The van der Waals surface area contributed by atoms with Crippen LogP contribution in [0.5, 0.6) is 0 Å². The summed E-state index contributed by atoms with van der Waals surface area (Å²) in [6.07, 6.45) is 1.26. The average molecular weight is 255 g/mol. The number of rotatable bonds is 1. The van der Waals surface area contributed by atoms with E-state index in [0.717, 1.165) is 12.4 Å². The van der Waals surface area contributed by atoms with Gasteiger partial charge in [0.25, 0.3) is 0 Å². The van der Waals surface area contributed by atoms with Gasteiger partial charge in [0, 0.05) is 18.7 Å². The van der Waals surface area contributed by atoms with Crippen molar-refractivity contribution in [1.82, 2.24) is 9.97 Å². The van der Waals surface area contributed by atoms with Gasteiger partial charge in [0.2, 0.25) is 5.95 Å². The second-order valence-corrected chi connectivity index (χ2v) is 5.51. The third-order valence-electron chi connectivity index (χ3n) is 3.59. The van der Waals surface area contributed by atoms with Crippen LogP contribution in [-0.2, 0) is 0 Å². The first-order chi connectivity index (χ1) is 7.97. The molecule has 3 atom stereocenters. The van der Waals surface area contributed by atoms with Crippen LogP contribution in [0.15, 0.2) is 6.07 Å². The Hall–Kier alpha value is -1.03. The third kappa shape index (κ3) is 2.63. The number of nitrogen functional groups attached to an aromatic ring is 1. The normalized spacial score (nSPS) is 29.4. The van der Waals surface area contributed by atoms with E-state index in [-0.39, 0.29) is 5.95 Å². The Morgan fingerprint density at radius 3 is 2.71 bits per heavy atom. The molecule has 0 aliphatic carbocycles. The molecule has 2 heterocycles. The Morgan fingerprint density at radius 2 is 2.06 bits per heavy atom. The number of halogens is 1. The van der Waals surface area contributed by atoms with Crippen LogP contribution in [0, 0.1) is 11.8 Å². The summed E-state index contributed by atoms with van der Waals surface area (Å²) in [6.45, 7) is 7.77. The van der Waals surface area contributed by atoms with Gasteiger partial charge in [0.1, 0.15) is 11.0 Å². The van der Waals surface area contributed by atoms with Gasteiger partial charge < -0.3 is 10.6 Å². The number of nitrogens with two attached hydrogens (primary N) is 1. The third-order valence-corrected chi connectivity index (χ3v) is 3.78. The summed E-state index contributed by atoms with van der Waals surface area (Å²) in [7, 11) is 0. The average Bonchev–Trinajstić information content (AvgIpc) is 2.22. The van der Waals surface area contributed by atoms with Crippen molar-refractivity contribution in [2.45, 2.75) is 33.2 Å². The molecule has 1 aromatic rings. The van der Waals surface area contributed by atoms with E-state index in [1.807, 2.05) is 0 Å². The molecule has 1 fully saturated rings. The molecular weight excluding hydrogens is 236 g/mol. The highest BCUT2D eigenvalue weighted by Crippen LogP contribution is 2.31. The van der Waals surface area contributed by atoms with Crippen molar-refractivity contribution in [2.24, 2.45) is 11.8 Å². The lowest BCUT2D eigenvalue weighted by Gasteiger charge is -2.41. The summed E-state index contributed by atoms with van der Waals surface area (Å²) in [4.78, 5) is 10.5. The lowest BCUT2D eigenvalue weighted by Crippen LogP contribution is -2.46. The quantitative estimate of drug-likeness (QED) is 0.783. The van der Waals surface area contributed by atoms with E-state index in [0.29, 0.717) is 23.0 Å². The van der Waals surface area contributed by atoms with E-state index in [1.165, 1.54) is 6.42 Å². The molecule has 5 heteroatoms. The number of piperidine rings is 1. The van der Waals surface area contributed by atoms with Gasteiger partial charge >= 0.3 is 0 Å². The van der Waals surface area contributed by atoms with Crippen molar-refractivity contribution in [3.63, 3.8) is 0 Å². The molecule has 0 bridgehead atoms. The van der Waals surface area contributed by atoms with Crippen LogP contribution >= 0.6 is 11.6 Å². The predicted octanol–water partition coefficient (Wildman–Crippen LogP) is 2.58. The molecule has 4 nitrogen and oxygen atoms in total. The summed E-state index contributed by atoms with van der Waals surface area (Å²) in [5.74, 6) is 2.39. The Kier molecular flexibility index (Phi) is 3.43. The minimum atomic E-state index is 0.241.